The summed E-state index contributed by atoms with van der Waals surface area (Å²) in [5.41, 5.74) is 0. The normalized spacial score (nSPS) is 9.14. The summed E-state index contributed by atoms with van der Waals surface area (Å²) in [6.45, 7) is 0. The molecule has 1 heterocycles. The van der Waals surface area contributed by atoms with Crippen LogP contribution in [0.15, 0.2) is 20.6 Å². The molecule has 0 fully saturated rings. The Morgan fingerprint density at radius 2 is 1.57 bits per heavy atom. The first-order valence-electron chi connectivity index (χ1n) is 1.73. The number of thiophene rings is 1. The second kappa shape index (κ2) is 1.94. The zero-order valence-electron chi connectivity index (χ0n) is 3.38. The monoisotopic (exact) mass is 146 g/mol. The quantitative estimate of drug-likeness (QED) is 0.509. The van der Waals surface area contributed by atoms with Crippen molar-refractivity contribution < 1.29 is 0 Å². The van der Waals surface area contributed by atoms with E-state index < -0.39 is 0 Å². The predicted octanol–water partition coefficient (Wildman–Crippen LogP) is 1.56. The summed E-state index contributed by atoms with van der Waals surface area (Å²) in [7, 11) is 0. The highest BCUT2D eigenvalue weighted by molar-refractivity contribution is 7.66. The van der Waals surface area contributed by atoms with Gasteiger partial charge in [0.25, 0.3) is 0 Å². The van der Waals surface area contributed by atoms with Gasteiger partial charge in [-0.05, 0) is 0 Å². The Bertz CT molecular complexity index is 139. The molecule has 0 spiro atoms. The molecular formula is C4H2S3-2. The molecule has 0 aliphatic heterocycles. The fourth-order valence-electron chi connectivity index (χ4n) is 0.303. The second-order valence-corrected chi connectivity index (χ2v) is 3.55. The van der Waals surface area contributed by atoms with Gasteiger partial charge in [0.1, 0.15) is 0 Å². The van der Waals surface area contributed by atoms with E-state index in [2.05, 4.69) is 0 Å². The molecular weight excluding hydrogens is 144 g/mol. The molecule has 0 atom stereocenters. The summed E-state index contributed by atoms with van der Waals surface area (Å²) in [5, 5.41) is 0. The Labute approximate surface area is 57.4 Å². The summed E-state index contributed by atoms with van der Waals surface area (Å²) in [6.07, 6.45) is 0. The van der Waals surface area contributed by atoms with E-state index in [4.69, 9.17) is 25.3 Å². The zero-order chi connectivity index (χ0) is 5.28. The van der Waals surface area contributed by atoms with Crippen molar-refractivity contribution in [1.29, 1.82) is 0 Å². The van der Waals surface area contributed by atoms with Gasteiger partial charge < -0.3 is 36.6 Å². The van der Waals surface area contributed by atoms with Crippen LogP contribution in [-0.4, -0.2) is 0 Å². The molecule has 38 valence electrons. The molecule has 1 rings (SSSR count). The molecule has 7 heavy (non-hydrogen) atoms. The van der Waals surface area contributed by atoms with E-state index in [-0.39, 0.29) is 0 Å². The van der Waals surface area contributed by atoms with E-state index in [1.54, 1.807) is 0 Å². The van der Waals surface area contributed by atoms with E-state index >= 15 is 0 Å². The Hall–Kier alpha value is 0.140. The minimum atomic E-state index is 0.880. The minimum absolute atomic E-state index is 0.880. The maximum absolute atomic E-state index is 4.78. The van der Waals surface area contributed by atoms with Gasteiger partial charge in [0.2, 0.25) is 0 Å². The lowest BCUT2D eigenvalue weighted by Gasteiger charge is -1.91. The molecule has 0 amide bonds. The second-order valence-electron chi connectivity index (χ2n) is 1.07. The summed E-state index contributed by atoms with van der Waals surface area (Å²) in [6, 6.07) is 3.70. The number of hydrogen-bond acceptors (Lipinski definition) is 3. The van der Waals surface area contributed by atoms with Gasteiger partial charge in [-0.15, -0.1) is 8.42 Å². The molecule has 0 saturated heterocycles. The van der Waals surface area contributed by atoms with Crippen molar-refractivity contribution in [2.75, 3.05) is 0 Å². The number of rotatable bonds is 0. The van der Waals surface area contributed by atoms with Crippen molar-refractivity contribution >= 4 is 36.6 Å². The van der Waals surface area contributed by atoms with Gasteiger partial charge in [-0.25, -0.2) is 0 Å². The maximum atomic E-state index is 4.78. The third-order valence-electron chi connectivity index (χ3n) is 0.557. The summed E-state index contributed by atoms with van der Waals surface area (Å²) >= 11 is 11.0. The SMILES string of the molecule is [S-]c1ccc([S-])s1. The molecule has 0 aliphatic carbocycles. The van der Waals surface area contributed by atoms with Crippen LogP contribution in [0.3, 0.4) is 0 Å². The van der Waals surface area contributed by atoms with Crippen LogP contribution in [0.4, 0.5) is 0 Å². The molecule has 0 radical (unpaired) electrons. The van der Waals surface area contributed by atoms with E-state index in [9.17, 15) is 0 Å². The van der Waals surface area contributed by atoms with Crippen LogP contribution in [0.5, 0.6) is 0 Å². The average Bonchev–Trinajstić information content (AvgIpc) is 1.87. The first-order valence-corrected chi connectivity index (χ1v) is 3.36. The zero-order valence-corrected chi connectivity index (χ0v) is 5.83. The van der Waals surface area contributed by atoms with E-state index in [1.807, 2.05) is 12.1 Å². The van der Waals surface area contributed by atoms with Crippen LogP contribution >= 0.6 is 11.3 Å². The lowest BCUT2D eigenvalue weighted by Crippen LogP contribution is -1.43. The van der Waals surface area contributed by atoms with Crippen molar-refractivity contribution in [2.45, 2.75) is 8.42 Å². The van der Waals surface area contributed by atoms with E-state index in [1.165, 1.54) is 11.3 Å². The van der Waals surface area contributed by atoms with Crippen LogP contribution in [0.25, 0.3) is 0 Å². The van der Waals surface area contributed by atoms with Crippen molar-refractivity contribution in [1.82, 2.24) is 0 Å². The fourth-order valence-corrected chi connectivity index (χ4v) is 1.61. The van der Waals surface area contributed by atoms with E-state index in [0.29, 0.717) is 0 Å². The average molecular weight is 146 g/mol. The lowest BCUT2D eigenvalue weighted by atomic mass is 10.7. The molecule has 0 aromatic carbocycles. The summed E-state index contributed by atoms with van der Waals surface area (Å²) in [4.78, 5) is 0. The fraction of sp³-hybridized carbons (Fsp3) is 0. The van der Waals surface area contributed by atoms with Gasteiger partial charge in [0.05, 0.1) is 0 Å². The third-order valence-corrected chi connectivity index (χ3v) is 2.00. The van der Waals surface area contributed by atoms with Crippen LogP contribution in [0.1, 0.15) is 0 Å². The highest BCUT2D eigenvalue weighted by Crippen LogP contribution is 2.13. The highest BCUT2D eigenvalue weighted by Gasteiger charge is 1.70. The van der Waals surface area contributed by atoms with Crippen LogP contribution in [0, 0.1) is 0 Å². The molecule has 0 aliphatic rings. The van der Waals surface area contributed by atoms with Gasteiger partial charge in [0, 0.05) is 0 Å². The Balaban J connectivity index is 3.04. The van der Waals surface area contributed by atoms with Crippen LogP contribution < -0.4 is 0 Å². The Morgan fingerprint density at radius 3 is 1.71 bits per heavy atom. The summed E-state index contributed by atoms with van der Waals surface area (Å²) < 4.78 is 1.76. The van der Waals surface area contributed by atoms with Crippen molar-refractivity contribution in [3.05, 3.63) is 12.1 Å². The van der Waals surface area contributed by atoms with Gasteiger partial charge in [0.15, 0.2) is 0 Å². The first-order chi connectivity index (χ1) is 3.29. The topological polar surface area (TPSA) is 0 Å². The van der Waals surface area contributed by atoms with E-state index in [0.717, 1.165) is 8.42 Å². The van der Waals surface area contributed by atoms with Gasteiger partial charge in [-0.2, -0.15) is 0 Å². The van der Waals surface area contributed by atoms with Crippen LogP contribution in [-0.2, 0) is 25.3 Å². The van der Waals surface area contributed by atoms with Crippen molar-refractivity contribution in [3.63, 3.8) is 0 Å². The highest BCUT2D eigenvalue weighted by atomic mass is 32.2. The molecule has 0 N–H and O–H groups in total. The molecule has 3 heteroatoms. The largest absolute Gasteiger partial charge is 0.428 e. The molecule has 0 nitrogen and oxygen atoms in total. The standard InChI is InChI=1S/C4H4S3/c5-3-1-2-4(6)7-3/h1-2,5-6H/p-2. The smallest absolute Gasteiger partial charge is 0.0748 e. The predicted molar refractivity (Wildman–Crippen MR) is 35.6 cm³/mol. The Kier molecular flexibility index (Phi) is 1.46. The Morgan fingerprint density at radius 1 is 1.14 bits per heavy atom. The maximum Gasteiger partial charge on any atom is -0.0748 e. The van der Waals surface area contributed by atoms with Crippen LogP contribution in [0.2, 0.25) is 0 Å². The van der Waals surface area contributed by atoms with Gasteiger partial charge >= 0.3 is 0 Å². The van der Waals surface area contributed by atoms with Crippen molar-refractivity contribution in [3.8, 4) is 0 Å². The molecule has 1 aromatic heterocycles. The van der Waals surface area contributed by atoms with Crippen molar-refractivity contribution in [2.24, 2.45) is 0 Å². The molecule has 0 unspecified atom stereocenters. The molecule has 0 bridgehead atoms. The lowest BCUT2D eigenvalue weighted by molar-refractivity contribution is 1.70. The third kappa shape index (κ3) is 1.26. The molecule has 0 saturated carbocycles. The molecule has 1 aromatic rings. The van der Waals surface area contributed by atoms with Gasteiger partial charge in [-0.1, -0.05) is 12.1 Å². The first kappa shape index (κ1) is 5.28. The summed E-state index contributed by atoms with van der Waals surface area (Å²) in [5.74, 6) is 0. The number of hydrogen-bond donors (Lipinski definition) is 0. The minimum Gasteiger partial charge on any atom is -0.428 e. The van der Waals surface area contributed by atoms with Gasteiger partial charge in [-0.3, -0.25) is 0 Å².